The monoisotopic (exact) mass is 565 g/mol. The molecule has 0 saturated heterocycles. The van der Waals surface area contributed by atoms with Crippen LogP contribution in [0.1, 0.15) is 37.0 Å². The summed E-state index contributed by atoms with van der Waals surface area (Å²) in [4.78, 5) is 29.4. The lowest BCUT2D eigenvalue weighted by molar-refractivity contribution is -0.140. The molecule has 3 aromatic carbocycles. The van der Waals surface area contributed by atoms with E-state index < -0.39 is 28.5 Å². The summed E-state index contributed by atoms with van der Waals surface area (Å²) in [5, 5.41) is 3.03. The molecule has 3 aromatic rings. The Balaban J connectivity index is 2.08. The summed E-state index contributed by atoms with van der Waals surface area (Å²) in [6, 6.07) is 22.9. The molecule has 8 nitrogen and oxygen atoms in total. The summed E-state index contributed by atoms with van der Waals surface area (Å²) in [6.07, 6.45) is 2.05. The lowest BCUT2D eigenvalue weighted by atomic mass is 10.0. The predicted molar refractivity (Wildman–Crippen MR) is 159 cm³/mol. The van der Waals surface area contributed by atoms with Crippen LogP contribution < -0.4 is 14.4 Å². The molecule has 2 atom stereocenters. The van der Waals surface area contributed by atoms with Gasteiger partial charge >= 0.3 is 0 Å². The minimum absolute atomic E-state index is 0.0946. The molecule has 2 amide bonds. The fraction of sp³-hybridized carbons (Fsp3) is 0.355. The number of benzene rings is 3. The van der Waals surface area contributed by atoms with Gasteiger partial charge < -0.3 is 15.0 Å². The van der Waals surface area contributed by atoms with Gasteiger partial charge in [0.05, 0.1) is 19.1 Å². The summed E-state index contributed by atoms with van der Waals surface area (Å²) in [5.74, 6) is -0.471. The van der Waals surface area contributed by atoms with E-state index in [4.69, 9.17) is 4.74 Å². The zero-order valence-corrected chi connectivity index (χ0v) is 24.6. The van der Waals surface area contributed by atoms with Crippen LogP contribution in [-0.2, 0) is 32.6 Å². The maximum Gasteiger partial charge on any atom is 0.244 e. The molecule has 9 heteroatoms. The molecule has 0 radical (unpaired) electrons. The number of carbonyl (C=O) groups is 2. The zero-order valence-electron chi connectivity index (χ0n) is 23.8. The van der Waals surface area contributed by atoms with Crippen LogP contribution in [0.2, 0.25) is 0 Å². The number of anilines is 1. The highest BCUT2D eigenvalue weighted by Crippen LogP contribution is 2.30. The second kappa shape index (κ2) is 14.0. The molecule has 0 saturated carbocycles. The van der Waals surface area contributed by atoms with Crippen molar-refractivity contribution in [2.75, 3.05) is 24.2 Å². The highest BCUT2D eigenvalue weighted by atomic mass is 32.2. The van der Waals surface area contributed by atoms with Crippen LogP contribution in [0.25, 0.3) is 0 Å². The summed E-state index contributed by atoms with van der Waals surface area (Å²) in [7, 11) is -2.44. The molecule has 0 aliphatic carbocycles. The maximum absolute atomic E-state index is 14.2. The van der Waals surface area contributed by atoms with Crippen molar-refractivity contribution >= 4 is 27.5 Å². The van der Waals surface area contributed by atoms with E-state index in [0.29, 0.717) is 5.75 Å². The molecule has 0 aromatic heterocycles. The molecule has 214 valence electrons. The fourth-order valence-corrected chi connectivity index (χ4v) is 5.29. The van der Waals surface area contributed by atoms with Crippen LogP contribution in [0, 0.1) is 6.92 Å². The fourth-order valence-electron chi connectivity index (χ4n) is 4.43. The number of amides is 2. The molecule has 0 unspecified atom stereocenters. The third kappa shape index (κ3) is 8.32. The lowest BCUT2D eigenvalue weighted by Crippen LogP contribution is -2.54. The number of methoxy groups -OCH3 is 1. The van der Waals surface area contributed by atoms with Gasteiger partial charge in [0.2, 0.25) is 21.8 Å². The topological polar surface area (TPSA) is 96.0 Å². The van der Waals surface area contributed by atoms with Crippen molar-refractivity contribution in [3.8, 4) is 5.75 Å². The zero-order chi connectivity index (χ0) is 29.3. The highest BCUT2D eigenvalue weighted by molar-refractivity contribution is 7.92. The van der Waals surface area contributed by atoms with Gasteiger partial charge in [-0.2, -0.15) is 0 Å². The van der Waals surface area contributed by atoms with Gasteiger partial charge in [0.1, 0.15) is 18.3 Å². The molecular weight excluding hydrogens is 526 g/mol. The first-order valence-corrected chi connectivity index (χ1v) is 15.2. The number of sulfonamides is 1. The first-order chi connectivity index (χ1) is 19.0. The number of nitrogens with one attached hydrogen (secondary N) is 1. The van der Waals surface area contributed by atoms with Crippen molar-refractivity contribution in [3.05, 3.63) is 95.6 Å². The van der Waals surface area contributed by atoms with Gasteiger partial charge in [-0.25, -0.2) is 8.42 Å². The minimum atomic E-state index is -3.88. The van der Waals surface area contributed by atoms with Gasteiger partial charge in [-0.1, -0.05) is 79.2 Å². The number of carbonyl (C=O) groups excluding carboxylic acids is 2. The van der Waals surface area contributed by atoms with Crippen molar-refractivity contribution in [1.82, 2.24) is 10.2 Å². The third-order valence-corrected chi connectivity index (χ3v) is 7.87. The largest absolute Gasteiger partial charge is 0.495 e. The average molecular weight is 566 g/mol. The van der Waals surface area contributed by atoms with E-state index in [-0.39, 0.29) is 30.6 Å². The van der Waals surface area contributed by atoms with Crippen LogP contribution in [0.4, 0.5) is 5.69 Å². The molecule has 0 spiro atoms. The smallest absolute Gasteiger partial charge is 0.244 e. The van der Waals surface area contributed by atoms with Crippen molar-refractivity contribution in [2.24, 2.45) is 0 Å². The first kappa shape index (κ1) is 30.7. The Hall–Kier alpha value is -3.85. The standard InChI is InChI=1S/C31H39N3O5S/c1-6-24(3)32-31(36)28(20-25-14-8-7-9-15-25)33(21-26-16-12-13-23(2)19-26)30(35)22-34(40(5,37)38)27-17-10-11-18-29(27)39-4/h7-19,24,28H,6,20-22H2,1-5H3,(H,32,36)/t24-,28-/m0/s1. The maximum atomic E-state index is 14.2. The first-order valence-electron chi connectivity index (χ1n) is 13.3. The van der Waals surface area contributed by atoms with Crippen LogP contribution in [0.15, 0.2) is 78.9 Å². The summed E-state index contributed by atoms with van der Waals surface area (Å²) in [6.45, 7) is 5.49. The van der Waals surface area contributed by atoms with Gasteiger partial charge in [-0.05, 0) is 43.5 Å². The number of hydrogen-bond donors (Lipinski definition) is 1. The molecule has 0 aliphatic heterocycles. The van der Waals surface area contributed by atoms with Crippen molar-refractivity contribution < 1.29 is 22.7 Å². The summed E-state index contributed by atoms with van der Waals surface area (Å²) >= 11 is 0. The van der Waals surface area contributed by atoms with Gasteiger partial charge in [0.15, 0.2) is 0 Å². The molecule has 0 bridgehead atoms. The van der Waals surface area contributed by atoms with E-state index in [1.165, 1.54) is 12.0 Å². The Morgan fingerprint density at radius 1 is 0.950 bits per heavy atom. The molecule has 0 heterocycles. The number of nitrogens with zero attached hydrogens (tertiary/aromatic N) is 2. The second-order valence-corrected chi connectivity index (χ2v) is 11.9. The van der Waals surface area contributed by atoms with Crippen LogP contribution >= 0.6 is 0 Å². The number of rotatable bonds is 13. The van der Waals surface area contributed by atoms with Crippen molar-refractivity contribution in [1.29, 1.82) is 0 Å². The van der Waals surface area contributed by atoms with E-state index in [2.05, 4.69) is 5.32 Å². The van der Waals surface area contributed by atoms with Crippen LogP contribution in [0.3, 0.4) is 0 Å². The number of para-hydroxylation sites is 2. The van der Waals surface area contributed by atoms with E-state index >= 15 is 0 Å². The van der Waals surface area contributed by atoms with Crippen molar-refractivity contribution in [3.63, 3.8) is 0 Å². The second-order valence-electron chi connectivity index (χ2n) is 9.98. The highest BCUT2D eigenvalue weighted by Gasteiger charge is 2.34. The third-order valence-electron chi connectivity index (χ3n) is 6.74. The van der Waals surface area contributed by atoms with E-state index in [1.54, 1.807) is 24.3 Å². The molecule has 1 N–H and O–H groups in total. The van der Waals surface area contributed by atoms with E-state index in [1.807, 2.05) is 75.4 Å². The Labute approximate surface area is 238 Å². The van der Waals surface area contributed by atoms with Gasteiger partial charge in [0, 0.05) is 19.0 Å². The Morgan fingerprint density at radius 3 is 2.23 bits per heavy atom. The van der Waals surface area contributed by atoms with Crippen molar-refractivity contribution in [2.45, 2.75) is 52.2 Å². The summed E-state index contributed by atoms with van der Waals surface area (Å²) in [5.41, 5.74) is 2.99. The Bertz CT molecular complexity index is 1390. The SMILES string of the molecule is CC[C@H](C)NC(=O)[C@H](Cc1ccccc1)N(Cc1cccc(C)c1)C(=O)CN(c1ccccc1OC)S(C)(=O)=O. The number of ether oxygens (including phenoxy) is 1. The summed E-state index contributed by atoms with van der Waals surface area (Å²) < 4.78 is 32.4. The normalized spacial score (nSPS) is 12.7. The Kier molecular flexibility index (Phi) is 10.7. The lowest BCUT2D eigenvalue weighted by Gasteiger charge is -2.34. The average Bonchev–Trinajstić information content (AvgIpc) is 2.93. The van der Waals surface area contributed by atoms with E-state index in [9.17, 15) is 18.0 Å². The molecule has 0 aliphatic rings. The quantitative estimate of drug-likeness (QED) is 0.333. The van der Waals surface area contributed by atoms with Gasteiger partial charge in [-0.15, -0.1) is 0 Å². The van der Waals surface area contributed by atoms with Gasteiger partial charge in [0.25, 0.3) is 0 Å². The number of aryl methyl sites for hydroxylation is 1. The van der Waals surface area contributed by atoms with Crippen LogP contribution in [0.5, 0.6) is 5.75 Å². The molecule has 3 rings (SSSR count). The molecular formula is C31H39N3O5S. The Morgan fingerprint density at radius 2 is 1.60 bits per heavy atom. The number of hydrogen-bond acceptors (Lipinski definition) is 5. The minimum Gasteiger partial charge on any atom is -0.495 e. The molecule has 0 fully saturated rings. The van der Waals surface area contributed by atoms with Crippen LogP contribution in [-0.4, -0.2) is 57.1 Å². The molecule has 40 heavy (non-hydrogen) atoms. The van der Waals surface area contributed by atoms with Gasteiger partial charge in [-0.3, -0.25) is 13.9 Å². The van der Waals surface area contributed by atoms with E-state index in [0.717, 1.165) is 33.7 Å². The predicted octanol–water partition coefficient (Wildman–Crippen LogP) is 4.32.